The van der Waals surface area contributed by atoms with Crippen LogP contribution >= 0.6 is 11.6 Å². The van der Waals surface area contributed by atoms with Crippen molar-refractivity contribution in [3.8, 4) is 6.07 Å². The number of benzene rings is 2. The van der Waals surface area contributed by atoms with E-state index in [1.165, 1.54) is 24.3 Å². The van der Waals surface area contributed by atoms with E-state index in [2.05, 4.69) is 0 Å². The number of nitriles is 1. The molecular weight excluding hydrogens is 468 g/mol. The van der Waals surface area contributed by atoms with Gasteiger partial charge in [-0.1, -0.05) is 11.6 Å². The van der Waals surface area contributed by atoms with Crippen LogP contribution in [-0.2, 0) is 24.4 Å². The molecule has 0 N–H and O–H groups in total. The highest BCUT2D eigenvalue weighted by atomic mass is 35.5. The highest BCUT2D eigenvalue weighted by Gasteiger charge is 2.50. The Morgan fingerprint density at radius 3 is 2.23 bits per heavy atom. The van der Waals surface area contributed by atoms with Crippen LogP contribution in [0.4, 0.5) is 8.78 Å². The third-order valence-electron chi connectivity index (χ3n) is 5.74. The van der Waals surface area contributed by atoms with Gasteiger partial charge >= 0.3 is 0 Å². The second kappa shape index (κ2) is 8.85. The number of sulfone groups is 2. The molecule has 0 radical (unpaired) electrons. The fourth-order valence-corrected chi connectivity index (χ4v) is 7.85. The zero-order chi connectivity index (χ0) is 22.9. The second-order valence-corrected chi connectivity index (χ2v) is 12.5. The van der Waals surface area contributed by atoms with E-state index in [0.29, 0.717) is 5.02 Å². The molecular formula is C21H20ClF2NO4S2. The first-order valence-corrected chi connectivity index (χ1v) is 13.2. The van der Waals surface area contributed by atoms with Crippen LogP contribution in [0.5, 0.6) is 0 Å². The molecule has 0 aromatic heterocycles. The van der Waals surface area contributed by atoms with Crippen LogP contribution in [-0.4, -0.2) is 28.3 Å². The van der Waals surface area contributed by atoms with Gasteiger partial charge < -0.3 is 0 Å². The Kier molecular flexibility index (Phi) is 6.75. The molecule has 1 saturated carbocycles. The molecule has 0 bridgehead atoms. The third kappa shape index (κ3) is 4.76. The summed E-state index contributed by atoms with van der Waals surface area (Å²) in [4.78, 5) is -0.0730. The van der Waals surface area contributed by atoms with Gasteiger partial charge in [-0.25, -0.2) is 25.6 Å². The van der Waals surface area contributed by atoms with Crippen LogP contribution in [0.2, 0.25) is 5.02 Å². The normalized spacial score (nSPS) is 22.1. The van der Waals surface area contributed by atoms with E-state index in [-0.39, 0.29) is 47.8 Å². The fraction of sp³-hybridized carbons (Fsp3) is 0.381. The van der Waals surface area contributed by atoms with Crippen molar-refractivity contribution in [1.82, 2.24) is 0 Å². The first-order valence-electron chi connectivity index (χ1n) is 9.54. The minimum absolute atomic E-state index is 0.0730. The summed E-state index contributed by atoms with van der Waals surface area (Å²) >= 11 is 5.87. The number of nitrogens with zero attached hydrogens (tertiary/aromatic N) is 1. The zero-order valence-electron chi connectivity index (χ0n) is 16.4. The lowest BCUT2D eigenvalue weighted by atomic mass is 9.78. The Balaban J connectivity index is 2.05. The van der Waals surface area contributed by atoms with E-state index in [9.17, 15) is 25.6 Å². The second-order valence-electron chi connectivity index (χ2n) is 7.73. The van der Waals surface area contributed by atoms with Gasteiger partial charge in [0.1, 0.15) is 22.1 Å². The molecule has 2 aromatic carbocycles. The molecule has 166 valence electrons. The zero-order valence-corrected chi connectivity index (χ0v) is 18.8. The number of halogens is 3. The van der Waals surface area contributed by atoms with Gasteiger partial charge in [0.25, 0.3) is 0 Å². The molecule has 10 heteroatoms. The van der Waals surface area contributed by atoms with Gasteiger partial charge in [0.2, 0.25) is 0 Å². The van der Waals surface area contributed by atoms with E-state index >= 15 is 0 Å². The maximum absolute atomic E-state index is 14.8. The average Bonchev–Trinajstić information content (AvgIpc) is 2.70. The summed E-state index contributed by atoms with van der Waals surface area (Å²) in [7, 11) is -7.78. The molecule has 0 spiro atoms. The molecule has 0 atom stereocenters. The van der Waals surface area contributed by atoms with Gasteiger partial charge in [-0.2, -0.15) is 5.26 Å². The first-order chi connectivity index (χ1) is 14.5. The Morgan fingerprint density at radius 1 is 1.03 bits per heavy atom. The highest BCUT2D eigenvalue weighted by Crippen LogP contribution is 2.49. The van der Waals surface area contributed by atoms with E-state index in [0.717, 1.165) is 18.2 Å². The van der Waals surface area contributed by atoms with Gasteiger partial charge in [0.15, 0.2) is 19.7 Å². The molecule has 2 aromatic rings. The molecule has 0 unspecified atom stereocenters. The lowest BCUT2D eigenvalue weighted by Gasteiger charge is -2.40. The molecule has 0 amide bonds. The van der Waals surface area contributed by atoms with E-state index < -0.39 is 41.8 Å². The minimum Gasteiger partial charge on any atom is -0.228 e. The minimum atomic E-state index is -4.18. The van der Waals surface area contributed by atoms with E-state index in [4.69, 9.17) is 16.9 Å². The summed E-state index contributed by atoms with van der Waals surface area (Å²) in [5.41, 5.74) is -0.263. The van der Waals surface area contributed by atoms with Crippen LogP contribution in [0.15, 0.2) is 47.4 Å². The van der Waals surface area contributed by atoms with Crippen molar-refractivity contribution < 1.29 is 25.6 Å². The largest absolute Gasteiger partial charge is 0.228 e. The molecule has 3 rings (SSSR count). The lowest BCUT2D eigenvalue weighted by molar-refractivity contribution is 0.303. The topological polar surface area (TPSA) is 92.1 Å². The Bertz CT molecular complexity index is 1220. The summed E-state index contributed by atoms with van der Waals surface area (Å²) in [5.74, 6) is -2.83. The predicted octanol–water partition coefficient (Wildman–Crippen LogP) is 4.42. The predicted molar refractivity (Wildman–Crippen MR) is 113 cm³/mol. The SMILES string of the molecule is N#CCS(=O)(=O)C[C@H]1CC[C@@](c2cc(F)ccc2F)(S(=O)(=O)c2ccc(Cl)cc2)CC1. The van der Waals surface area contributed by atoms with Crippen molar-refractivity contribution in [3.05, 3.63) is 64.7 Å². The van der Waals surface area contributed by atoms with Gasteiger partial charge in [-0.15, -0.1) is 0 Å². The molecule has 1 aliphatic rings. The van der Waals surface area contributed by atoms with Gasteiger partial charge in [0.05, 0.1) is 16.7 Å². The Hall–Kier alpha value is -2.02. The Labute approximate surface area is 185 Å². The maximum Gasteiger partial charge on any atom is 0.188 e. The van der Waals surface area contributed by atoms with Crippen LogP contribution in [0.3, 0.4) is 0 Å². The average molecular weight is 488 g/mol. The van der Waals surface area contributed by atoms with Gasteiger partial charge in [-0.3, -0.25) is 0 Å². The molecule has 0 aliphatic heterocycles. The van der Waals surface area contributed by atoms with Crippen molar-refractivity contribution in [1.29, 1.82) is 5.26 Å². The van der Waals surface area contributed by atoms with Crippen molar-refractivity contribution in [2.24, 2.45) is 5.92 Å². The van der Waals surface area contributed by atoms with Crippen molar-refractivity contribution in [2.75, 3.05) is 11.5 Å². The fourth-order valence-electron chi connectivity index (χ4n) is 4.20. The van der Waals surface area contributed by atoms with E-state index in [1.807, 2.05) is 0 Å². The highest BCUT2D eigenvalue weighted by molar-refractivity contribution is 7.92. The van der Waals surface area contributed by atoms with Gasteiger partial charge in [-0.05, 0) is 74.1 Å². The molecule has 1 fully saturated rings. The van der Waals surface area contributed by atoms with Crippen LogP contribution in [0.25, 0.3) is 0 Å². The molecule has 0 heterocycles. The lowest BCUT2D eigenvalue weighted by Crippen LogP contribution is -2.41. The summed E-state index contributed by atoms with van der Waals surface area (Å²) in [6, 6.07) is 9.78. The molecule has 1 aliphatic carbocycles. The smallest absolute Gasteiger partial charge is 0.188 e. The summed E-state index contributed by atoms with van der Waals surface area (Å²) < 4.78 is 78.5. The van der Waals surface area contributed by atoms with Crippen LogP contribution in [0, 0.1) is 28.9 Å². The van der Waals surface area contributed by atoms with Crippen LogP contribution < -0.4 is 0 Å². The maximum atomic E-state index is 14.8. The number of hydrogen-bond donors (Lipinski definition) is 0. The van der Waals surface area contributed by atoms with Gasteiger partial charge in [0, 0.05) is 10.6 Å². The quantitative estimate of drug-likeness (QED) is 0.601. The number of hydrogen-bond acceptors (Lipinski definition) is 5. The molecule has 0 saturated heterocycles. The summed E-state index contributed by atoms with van der Waals surface area (Å²) in [6.45, 7) is 0. The summed E-state index contributed by atoms with van der Waals surface area (Å²) in [5, 5.41) is 9.01. The Morgan fingerprint density at radius 2 is 1.65 bits per heavy atom. The first kappa shape index (κ1) is 23.6. The van der Waals surface area contributed by atoms with Crippen molar-refractivity contribution in [2.45, 2.75) is 35.3 Å². The van der Waals surface area contributed by atoms with E-state index in [1.54, 1.807) is 6.07 Å². The van der Waals surface area contributed by atoms with Crippen molar-refractivity contribution >= 4 is 31.3 Å². The number of rotatable bonds is 6. The standard InChI is InChI=1S/C21H20ClF2NO4S2/c22-16-1-4-18(5-2-16)31(28,29)21(19-13-17(23)3-6-20(19)24)9-7-15(8-10-21)14-30(26,27)12-11-25/h1-6,13,15H,7-10,12,14H2/t15-,21+. The molecule has 5 nitrogen and oxygen atoms in total. The summed E-state index contributed by atoms with van der Waals surface area (Å²) in [6.07, 6.45) is 0.191. The van der Waals surface area contributed by atoms with Crippen molar-refractivity contribution in [3.63, 3.8) is 0 Å². The van der Waals surface area contributed by atoms with Crippen LogP contribution in [0.1, 0.15) is 31.2 Å². The monoisotopic (exact) mass is 487 g/mol. The third-order valence-corrected chi connectivity index (χ3v) is 10.1. The molecule has 31 heavy (non-hydrogen) atoms.